The van der Waals surface area contributed by atoms with Gasteiger partial charge in [0.05, 0.1) is 0 Å². The summed E-state index contributed by atoms with van der Waals surface area (Å²) < 4.78 is 0. The molecule has 1 amide bonds. The van der Waals surface area contributed by atoms with Crippen molar-refractivity contribution in [2.45, 2.75) is 58.3 Å². The molecule has 0 spiro atoms. The minimum atomic E-state index is -0.395. The smallest absolute Gasteiger partial charge is 0.241 e. The monoisotopic (exact) mass is 249 g/mol. The Bertz CT molecular complexity index is 277. The minimum absolute atomic E-state index is 0.395. The maximum Gasteiger partial charge on any atom is 0.241 e. The first kappa shape index (κ1) is 16.7. The van der Waals surface area contributed by atoms with E-state index in [1.165, 1.54) is 51.0 Å². The van der Waals surface area contributed by atoms with Gasteiger partial charge in [0.2, 0.25) is 5.91 Å². The van der Waals surface area contributed by atoms with E-state index in [9.17, 15) is 4.79 Å². The molecule has 0 aromatic carbocycles. The number of carbonyl (C=O) groups is 1. The van der Waals surface area contributed by atoms with Gasteiger partial charge in [0.25, 0.3) is 0 Å². The number of rotatable bonds is 11. The highest BCUT2D eigenvalue weighted by Crippen LogP contribution is 2.04. The lowest BCUT2D eigenvalue weighted by molar-refractivity contribution is -0.113. The van der Waals surface area contributed by atoms with Crippen molar-refractivity contribution < 1.29 is 4.79 Å². The average molecular weight is 249 g/mol. The van der Waals surface area contributed by atoms with Crippen LogP contribution in [0.5, 0.6) is 0 Å². The van der Waals surface area contributed by atoms with Crippen LogP contribution in [-0.4, -0.2) is 5.91 Å². The lowest BCUT2D eigenvalue weighted by atomic mass is 10.1. The van der Waals surface area contributed by atoms with Crippen molar-refractivity contribution in [1.82, 2.24) is 0 Å². The zero-order valence-electron chi connectivity index (χ0n) is 11.6. The van der Waals surface area contributed by atoms with Crippen LogP contribution in [0, 0.1) is 0 Å². The summed E-state index contributed by atoms with van der Waals surface area (Å²) in [4.78, 5) is 10.4. The van der Waals surface area contributed by atoms with E-state index in [4.69, 9.17) is 5.73 Å². The van der Waals surface area contributed by atoms with E-state index in [-0.39, 0.29) is 0 Å². The number of hydrogen-bond donors (Lipinski definition) is 1. The van der Waals surface area contributed by atoms with Gasteiger partial charge >= 0.3 is 0 Å². The molecule has 102 valence electrons. The van der Waals surface area contributed by atoms with Gasteiger partial charge in [0.1, 0.15) is 0 Å². The van der Waals surface area contributed by atoms with Crippen molar-refractivity contribution in [2.75, 3.05) is 0 Å². The maximum atomic E-state index is 10.4. The first-order chi connectivity index (χ1) is 8.77. The summed E-state index contributed by atoms with van der Waals surface area (Å²) in [7, 11) is 0. The van der Waals surface area contributed by atoms with Crippen molar-refractivity contribution in [1.29, 1.82) is 0 Å². The minimum Gasteiger partial charge on any atom is -0.366 e. The molecule has 0 aromatic rings. The number of primary amides is 1. The standard InChI is InChI=1S/C16H27NO/c1-2-3-4-5-6-7-8-9-10-11-12-13-14-15-16(17)18/h6-7,12-15H,2-5,8-11H2,1H3,(H2,17,18). The fraction of sp³-hybridized carbons (Fsp3) is 0.562. The molecule has 0 rings (SSSR count). The second-order valence-electron chi connectivity index (χ2n) is 4.44. The van der Waals surface area contributed by atoms with Crippen LogP contribution in [0.25, 0.3) is 0 Å². The largest absolute Gasteiger partial charge is 0.366 e. The van der Waals surface area contributed by atoms with Crippen LogP contribution in [0.4, 0.5) is 0 Å². The lowest BCUT2D eigenvalue weighted by Crippen LogP contribution is -2.04. The predicted octanol–water partition coefficient (Wildman–Crippen LogP) is 4.28. The number of unbranched alkanes of at least 4 members (excludes halogenated alkanes) is 6. The third kappa shape index (κ3) is 14.7. The summed E-state index contributed by atoms with van der Waals surface area (Å²) in [5.74, 6) is -0.395. The first-order valence-electron chi connectivity index (χ1n) is 7.05. The van der Waals surface area contributed by atoms with E-state index in [1.807, 2.05) is 6.08 Å². The molecule has 0 atom stereocenters. The molecular formula is C16H27NO. The predicted molar refractivity (Wildman–Crippen MR) is 79.2 cm³/mol. The third-order valence-corrected chi connectivity index (χ3v) is 2.64. The second kappa shape index (κ2) is 13.8. The van der Waals surface area contributed by atoms with Crippen LogP contribution in [0.3, 0.4) is 0 Å². The lowest BCUT2D eigenvalue weighted by Gasteiger charge is -1.94. The second-order valence-corrected chi connectivity index (χ2v) is 4.44. The van der Waals surface area contributed by atoms with Gasteiger partial charge in [-0.1, -0.05) is 50.1 Å². The van der Waals surface area contributed by atoms with E-state index in [2.05, 4.69) is 25.2 Å². The molecule has 0 aliphatic rings. The Morgan fingerprint density at radius 2 is 1.44 bits per heavy atom. The van der Waals surface area contributed by atoms with Gasteiger partial charge in [-0.2, -0.15) is 0 Å². The summed E-state index contributed by atoms with van der Waals surface area (Å²) >= 11 is 0. The highest BCUT2D eigenvalue weighted by atomic mass is 16.1. The van der Waals surface area contributed by atoms with Crippen molar-refractivity contribution in [3.8, 4) is 0 Å². The van der Waals surface area contributed by atoms with Gasteiger partial charge < -0.3 is 5.73 Å². The van der Waals surface area contributed by atoms with Crippen molar-refractivity contribution in [3.63, 3.8) is 0 Å². The maximum absolute atomic E-state index is 10.4. The molecule has 0 aliphatic heterocycles. The third-order valence-electron chi connectivity index (χ3n) is 2.64. The van der Waals surface area contributed by atoms with Gasteiger partial charge in [-0.05, 0) is 38.5 Å². The summed E-state index contributed by atoms with van der Waals surface area (Å²) in [5, 5.41) is 0. The zero-order chi connectivity index (χ0) is 13.5. The summed E-state index contributed by atoms with van der Waals surface area (Å²) in [6.45, 7) is 2.23. The Labute approximate surface area is 112 Å². The van der Waals surface area contributed by atoms with Gasteiger partial charge in [0, 0.05) is 6.08 Å². The van der Waals surface area contributed by atoms with Crippen LogP contribution < -0.4 is 5.73 Å². The number of carbonyl (C=O) groups excluding carboxylic acids is 1. The van der Waals surface area contributed by atoms with Crippen LogP contribution in [0.15, 0.2) is 36.5 Å². The molecule has 0 radical (unpaired) electrons. The van der Waals surface area contributed by atoms with Crippen molar-refractivity contribution in [2.24, 2.45) is 5.73 Å². The van der Waals surface area contributed by atoms with Crippen molar-refractivity contribution >= 4 is 5.91 Å². The molecule has 2 N–H and O–H groups in total. The molecule has 2 nitrogen and oxygen atoms in total. The molecule has 0 saturated carbocycles. The Kier molecular flexibility index (Phi) is 12.8. The molecule has 0 aromatic heterocycles. The number of hydrogen-bond acceptors (Lipinski definition) is 1. The molecule has 0 bridgehead atoms. The fourth-order valence-electron chi connectivity index (χ4n) is 1.60. The van der Waals surface area contributed by atoms with Gasteiger partial charge in [-0.25, -0.2) is 0 Å². The van der Waals surface area contributed by atoms with Gasteiger partial charge in [0.15, 0.2) is 0 Å². The van der Waals surface area contributed by atoms with Crippen LogP contribution in [0.1, 0.15) is 58.3 Å². The Hall–Kier alpha value is -1.31. The van der Waals surface area contributed by atoms with E-state index in [0.29, 0.717) is 0 Å². The molecule has 0 saturated heterocycles. The Morgan fingerprint density at radius 1 is 0.889 bits per heavy atom. The van der Waals surface area contributed by atoms with Crippen LogP contribution in [0.2, 0.25) is 0 Å². The highest BCUT2D eigenvalue weighted by Gasteiger charge is 1.85. The van der Waals surface area contributed by atoms with Crippen LogP contribution in [-0.2, 0) is 4.79 Å². The molecule has 0 heterocycles. The molecule has 0 fully saturated rings. The average Bonchev–Trinajstić information content (AvgIpc) is 2.34. The van der Waals surface area contributed by atoms with Gasteiger partial charge in [-0.3, -0.25) is 4.79 Å². The number of nitrogens with two attached hydrogens (primary N) is 1. The first-order valence-corrected chi connectivity index (χ1v) is 7.05. The zero-order valence-corrected chi connectivity index (χ0v) is 11.6. The van der Waals surface area contributed by atoms with Crippen molar-refractivity contribution in [3.05, 3.63) is 36.5 Å². The Morgan fingerprint density at radius 3 is 2.00 bits per heavy atom. The Balaban J connectivity index is 3.27. The normalized spacial score (nSPS) is 12.1. The number of allylic oxidation sites excluding steroid dienone is 5. The van der Waals surface area contributed by atoms with E-state index >= 15 is 0 Å². The fourth-order valence-corrected chi connectivity index (χ4v) is 1.60. The molecular weight excluding hydrogens is 222 g/mol. The highest BCUT2D eigenvalue weighted by molar-refractivity contribution is 5.85. The molecule has 0 unspecified atom stereocenters. The molecule has 2 heteroatoms. The van der Waals surface area contributed by atoms with E-state index in [1.54, 1.807) is 6.08 Å². The van der Waals surface area contributed by atoms with Crippen LogP contribution >= 0.6 is 0 Å². The number of amides is 1. The topological polar surface area (TPSA) is 43.1 Å². The van der Waals surface area contributed by atoms with E-state index in [0.717, 1.165) is 6.42 Å². The summed E-state index contributed by atoms with van der Waals surface area (Å²) in [5.41, 5.74) is 4.96. The molecule has 0 aliphatic carbocycles. The van der Waals surface area contributed by atoms with E-state index < -0.39 is 5.91 Å². The quantitative estimate of drug-likeness (QED) is 0.252. The SMILES string of the molecule is CCCCCC=CCCCCC=CC=CC(N)=O. The summed E-state index contributed by atoms with van der Waals surface area (Å²) in [6.07, 6.45) is 21.5. The van der Waals surface area contributed by atoms with Gasteiger partial charge in [-0.15, -0.1) is 0 Å². The summed E-state index contributed by atoms with van der Waals surface area (Å²) in [6, 6.07) is 0. The molecule has 18 heavy (non-hydrogen) atoms.